The molecule has 6 heteroatoms. The number of aromatic nitrogens is 1. The van der Waals surface area contributed by atoms with E-state index in [4.69, 9.17) is 16.3 Å². The number of alkyl halides is 1. The molecule has 5 nitrogen and oxygen atoms in total. The number of rotatable bonds is 7. The predicted octanol–water partition coefficient (Wildman–Crippen LogP) is 3.67. The van der Waals surface area contributed by atoms with Gasteiger partial charge in [0.25, 0.3) is 6.47 Å². The third-order valence-corrected chi connectivity index (χ3v) is 4.42. The average molecular weight is 369 g/mol. The Morgan fingerprint density at radius 3 is 2.48 bits per heavy atom. The van der Waals surface area contributed by atoms with E-state index in [1.807, 2.05) is 19.9 Å². The van der Waals surface area contributed by atoms with Gasteiger partial charge in [0.1, 0.15) is 5.75 Å². The lowest BCUT2D eigenvalue weighted by Gasteiger charge is -2.08. The summed E-state index contributed by atoms with van der Waals surface area (Å²) in [5.41, 5.74) is 2.17. The standard InChI is InChI=1S/C14H20N2O.C5H9ClO2/c1-15(2)8-7-11-10-16(3)14-6-5-12(17-4)9-13(11)14;1-4(2)5(6)8-3-7/h5-6,9-10H,7-8H2,1-4H3;3-5H,1-2H3. The molecule has 0 bridgehead atoms. The number of hydrogen-bond donors (Lipinski definition) is 0. The van der Waals surface area contributed by atoms with Crippen LogP contribution in [0.1, 0.15) is 19.4 Å². The second kappa shape index (κ2) is 10.3. The lowest BCUT2D eigenvalue weighted by atomic mass is 10.1. The Bertz CT molecular complexity index is 668. The fourth-order valence-corrected chi connectivity index (χ4v) is 2.38. The van der Waals surface area contributed by atoms with Crippen LogP contribution in [0.2, 0.25) is 0 Å². The minimum Gasteiger partial charge on any atom is -0.497 e. The normalized spacial score (nSPS) is 12.0. The van der Waals surface area contributed by atoms with Crippen LogP contribution in [0.15, 0.2) is 24.4 Å². The van der Waals surface area contributed by atoms with E-state index in [-0.39, 0.29) is 5.92 Å². The summed E-state index contributed by atoms with van der Waals surface area (Å²) >= 11 is 5.46. The Hall–Kier alpha value is -1.72. The van der Waals surface area contributed by atoms with Crippen LogP contribution in [0.5, 0.6) is 5.75 Å². The van der Waals surface area contributed by atoms with Crippen LogP contribution >= 0.6 is 11.6 Å². The molecule has 140 valence electrons. The van der Waals surface area contributed by atoms with Crippen LogP contribution in [-0.2, 0) is 23.0 Å². The highest BCUT2D eigenvalue weighted by Crippen LogP contribution is 2.25. The van der Waals surface area contributed by atoms with Crippen molar-refractivity contribution in [2.24, 2.45) is 13.0 Å². The zero-order chi connectivity index (χ0) is 19.0. The van der Waals surface area contributed by atoms with E-state index in [1.165, 1.54) is 16.5 Å². The summed E-state index contributed by atoms with van der Waals surface area (Å²) in [6, 6.07) is 6.26. The Balaban J connectivity index is 0.000000333. The van der Waals surface area contributed by atoms with Crippen molar-refractivity contribution >= 4 is 29.0 Å². The van der Waals surface area contributed by atoms with Crippen molar-refractivity contribution in [2.45, 2.75) is 25.8 Å². The number of hydrogen-bond acceptors (Lipinski definition) is 4. The molecule has 1 aromatic heterocycles. The minimum absolute atomic E-state index is 0.182. The summed E-state index contributed by atoms with van der Waals surface area (Å²) < 4.78 is 11.9. The molecule has 0 saturated carbocycles. The molecule has 1 unspecified atom stereocenters. The zero-order valence-corrected chi connectivity index (χ0v) is 16.7. The van der Waals surface area contributed by atoms with Gasteiger partial charge >= 0.3 is 0 Å². The number of ether oxygens (including phenoxy) is 2. The van der Waals surface area contributed by atoms with Crippen molar-refractivity contribution < 1.29 is 14.3 Å². The number of carbonyl (C=O) groups excluding carboxylic acids is 1. The second-order valence-electron chi connectivity index (χ2n) is 6.53. The molecule has 0 fully saturated rings. The SMILES string of the molecule is CC(C)C(Cl)OC=O.COc1ccc2c(c1)c(CCN(C)C)cn2C. The quantitative estimate of drug-likeness (QED) is 0.552. The van der Waals surface area contributed by atoms with Gasteiger partial charge in [-0.3, -0.25) is 4.79 Å². The maximum Gasteiger partial charge on any atom is 0.294 e. The second-order valence-corrected chi connectivity index (χ2v) is 6.96. The highest BCUT2D eigenvalue weighted by molar-refractivity contribution is 6.20. The third-order valence-electron chi connectivity index (χ3n) is 3.82. The number of fused-ring (bicyclic) bond motifs is 1. The van der Waals surface area contributed by atoms with Crippen LogP contribution in [0.25, 0.3) is 10.9 Å². The fourth-order valence-electron chi connectivity index (χ4n) is 2.33. The number of likely N-dealkylation sites (N-methyl/N-ethyl adjacent to an activating group) is 1. The third kappa shape index (κ3) is 6.59. The molecule has 0 radical (unpaired) electrons. The number of aryl methyl sites for hydroxylation is 1. The highest BCUT2D eigenvalue weighted by Gasteiger charge is 2.08. The molecule has 0 spiro atoms. The number of nitrogens with zero attached hydrogens (tertiary/aromatic N) is 2. The summed E-state index contributed by atoms with van der Waals surface area (Å²) in [7, 11) is 8.01. The van der Waals surface area contributed by atoms with Gasteiger partial charge in [0.15, 0.2) is 5.56 Å². The molecule has 0 saturated heterocycles. The molecule has 0 aliphatic rings. The fraction of sp³-hybridized carbons (Fsp3) is 0.526. The van der Waals surface area contributed by atoms with Crippen molar-refractivity contribution in [3.63, 3.8) is 0 Å². The molecule has 1 aromatic carbocycles. The van der Waals surface area contributed by atoms with Gasteiger partial charge in [-0.1, -0.05) is 25.4 Å². The van der Waals surface area contributed by atoms with Crippen molar-refractivity contribution in [1.82, 2.24) is 9.47 Å². The molecule has 0 aliphatic carbocycles. The van der Waals surface area contributed by atoms with Gasteiger partial charge in [0.2, 0.25) is 0 Å². The van der Waals surface area contributed by atoms with Gasteiger partial charge in [-0.25, -0.2) is 0 Å². The largest absolute Gasteiger partial charge is 0.497 e. The topological polar surface area (TPSA) is 43.7 Å². The van der Waals surface area contributed by atoms with E-state index < -0.39 is 5.56 Å². The lowest BCUT2D eigenvalue weighted by molar-refractivity contribution is -0.131. The summed E-state index contributed by atoms with van der Waals surface area (Å²) in [5.74, 6) is 1.11. The predicted molar refractivity (Wildman–Crippen MR) is 103 cm³/mol. The molecular formula is C19H29ClN2O3. The first kappa shape index (κ1) is 21.3. The van der Waals surface area contributed by atoms with Crippen molar-refractivity contribution in [3.8, 4) is 5.75 Å². The molecule has 2 aromatic rings. The van der Waals surface area contributed by atoms with Gasteiger partial charge < -0.3 is 18.9 Å². The number of methoxy groups -OCH3 is 1. The minimum atomic E-state index is -0.479. The van der Waals surface area contributed by atoms with Crippen LogP contribution in [-0.4, -0.2) is 49.3 Å². The zero-order valence-electron chi connectivity index (χ0n) is 16.0. The number of halogens is 1. The monoisotopic (exact) mass is 368 g/mol. The first-order valence-corrected chi connectivity index (χ1v) is 8.73. The molecule has 0 N–H and O–H groups in total. The van der Waals surface area contributed by atoms with Crippen LogP contribution < -0.4 is 4.74 Å². The summed E-state index contributed by atoms with van der Waals surface area (Å²) in [6.45, 7) is 5.18. The Morgan fingerprint density at radius 1 is 1.32 bits per heavy atom. The van der Waals surface area contributed by atoms with Gasteiger partial charge in [-0.05, 0) is 44.3 Å². The van der Waals surface area contributed by atoms with Crippen LogP contribution in [0.3, 0.4) is 0 Å². The summed E-state index contributed by atoms with van der Waals surface area (Å²) in [6.07, 6.45) is 3.28. The van der Waals surface area contributed by atoms with Crippen molar-refractivity contribution in [3.05, 3.63) is 30.0 Å². The van der Waals surface area contributed by atoms with E-state index in [9.17, 15) is 4.79 Å². The molecule has 0 amide bonds. The van der Waals surface area contributed by atoms with Gasteiger partial charge in [-0.15, -0.1) is 0 Å². The number of benzene rings is 1. The number of carbonyl (C=O) groups is 1. The lowest BCUT2D eigenvalue weighted by Crippen LogP contribution is -2.14. The average Bonchev–Trinajstić information content (AvgIpc) is 2.89. The first-order valence-electron chi connectivity index (χ1n) is 8.30. The van der Waals surface area contributed by atoms with Crippen molar-refractivity contribution in [2.75, 3.05) is 27.7 Å². The van der Waals surface area contributed by atoms with Crippen LogP contribution in [0.4, 0.5) is 0 Å². The molecule has 1 atom stereocenters. The molecule has 2 rings (SSSR count). The van der Waals surface area contributed by atoms with E-state index in [0.29, 0.717) is 6.47 Å². The van der Waals surface area contributed by atoms with Crippen LogP contribution in [0, 0.1) is 5.92 Å². The Labute approximate surface area is 155 Å². The van der Waals surface area contributed by atoms with Gasteiger partial charge in [0, 0.05) is 36.6 Å². The molecular weight excluding hydrogens is 340 g/mol. The van der Waals surface area contributed by atoms with Gasteiger partial charge in [0.05, 0.1) is 7.11 Å². The Kier molecular flexibility index (Phi) is 8.79. The molecule has 1 heterocycles. The molecule has 0 aliphatic heterocycles. The first-order chi connectivity index (χ1) is 11.8. The van der Waals surface area contributed by atoms with Gasteiger partial charge in [-0.2, -0.15) is 0 Å². The summed E-state index contributed by atoms with van der Waals surface area (Å²) in [5, 5.41) is 1.30. The maximum atomic E-state index is 9.61. The maximum absolute atomic E-state index is 9.61. The van der Waals surface area contributed by atoms with E-state index in [2.05, 4.69) is 53.7 Å². The van der Waals surface area contributed by atoms with E-state index in [1.54, 1.807) is 7.11 Å². The smallest absolute Gasteiger partial charge is 0.294 e. The summed E-state index contributed by atoms with van der Waals surface area (Å²) in [4.78, 5) is 11.8. The van der Waals surface area contributed by atoms with Crippen molar-refractivity contribution in [1.29, 1.82) is 0 Å². The molecule has 25 heavy (non-hydrogen) atoms. The van der Waals surface area contributed by atoms with E-state index >= 15 is 0 Å². The van der Waals surface area contributed by atoms with E-state index in [0.717, 1.165) is 18.7 Å². The highest BCUT2D eigenvalue weighted by atomic mass is 35.5. The Morgan fingerprint density at radius 2 is 2.00 bits per heavy atom.